The van der Waals surface area contributed by atoms with E-state index in [0.29, 0.717) is 68.8 Å². The molecule has 3 saturated heterocycles. The Morgan fingerprint density at radius 3 is 2.20 bits per heavy atom. The summed E-state index contributed by atoms with van der Waals surface area (Å²) >= 11 is 0.949. The molecule has 5 aliphatic rings. The Balaban J connectivity index is 0.860. The van der Waals surface area contributed by atoms with Crippen molar-refractivity contribution >= 4 is 87.9 Å². The molecule has 4 aliphatic heterocycles. The number of benzene rings is 3. The molecular formula is C60H75F2N10O12PS. The van der Waals surface area contributed by atoms with Crippen LogP contribution in [0.4, 0.5) is 14.5 Å². The minimum Gasteiger partial charge on any atom is -0.383 e. The van der Waals surface area contributed by atoms with E-state index in [-0.39, 0.29) is 90.9 Å². The number of anilines is 1. The van der Waals surface area contributed by atoms with Crippen LogP contribution in [0.15, 0.2) is 66.7 Å². The molecule has 4 unspecified atom stereocenters. The Bertz CT molecular complexity index is 3320. The molecule has 9 N–H and O–H groups in total. The Hall–Kier alpha value is -7.18. The fourth-order valence-corrected chi connectivity index (χ4v) is 13.7. The first-order chi connectivity index (χ1) is 40.8. The maximum absolute atomic E-state index is 14.8. The number of carbonyl (C=O) groups is 9. The van der Waals surface area contributed by atoms with Gasteiger partial charge in [-0.15, -0.1) is 11.3 Å². The van der Waals surface area contributed by atoms with Crippen molar-refractivity contribution in [3.05, 3.63) is 99.4 Å². The molecule has 5 atom stereocenters. The predicted molar refractivity (Wildman–Crippen MR) is 315 cm³/mol. The van der Waals surface area contributed by atoms with E-state index in [4.69, 9.17) is 5.73 Å². The number of rotatable bonds is 21. The van der Waals surface area contributed by atoms with E-state index in [0.717, 1.165) is 65.1 Å². The second kappa shape index (κ2) is 26.4. The lowest BCUT2D eigenvalue weighted by atomic mass is 9.83. The number of primary amides is 1. The van der Waals surface area contributed by atoms with E-state index < -0.39 is 84.5 Å². The molecule has 462 valence electrons. The van der Waals surface area contributed by atoms with Crippen molar-refractivity contribution in [3.8, 4) is 0 Å². The number of nitrogens with zero attached hydrogens (tertiary/aromatic N) is 4. The van der Waals surface area contributed by atoms with Gasteiger partial charge >= 0.3 is 13.3 Å². The van der Waals surface area contributed by atoms with Crippen molar-refractivity contribution in [2.75, 3.05) is 51.1 Å². The van der Waals surface area contributed by atoms with Crippen LogP contribution in [-0.2, 0) is 62.2 Å². The smallest absolute Gasteiger partial charge is 0.383 e. The highest BCUT2D eigenvalue weighted by Crippen LogP contribution is 2.59. The Labute approximate surface area is 500 Å². The summed E-state index contributed by atoms with van der Waals surface area (Å²) < 4.78 is 41.3. The quantitative estimate of drug-likeness (QED) is 0.0418. The summed E-state index contributed by atoms with van der Waals surface area (Å²) in [7, 11) is -5.87. The number of piperidine rings is 1. The third kappa shape index (κ3) is 14.4. The van der Waals surface area contributed by atoms with Crippen LogP contribution >= 0.6 is 18.9 Å². The number of fused-ring (bicyclic) bond motifs is 2. The summed E-state index contributed by atoms with van der Waals surface area (Å²) in [6, 6.07) is 12.1. The van der Waals surface area contributed by atoms with Gasteiger partial charge in [0.15, 0.2) is 0 Å². The SMILES string of the molecule is CC(C)(C)c1ccc(CC(NC(=O)C(CCC(N)=O)NC(=O)[C@@H]2CCCN2C(=O)C(NC(=O)c2cc3cc(C(F)(F)P(=O)(O)O)ccc3s2)C2CCCCC2)C(=O)N2CCN(CCNc3cccc4c3CN(C3CCC(=O)NC3=O)C4=O)CC2)cc1. The van der Waals surface area contributed by atoms with Gasteiger partial charge in [-0.05, 0) is 96.7 Å². The summed E-state index contributed by atoms with van der Waals surface area (Å²) in [5, 5.41) is 14.5. The fourth-order valence-electron chi connectivity index (χ4n) is 12.2. The molecule has 4 aromatic rings. The zero-order chi connectivity index (χ0) is 61.8. The molecule has 3 aromatic carbocycles. The number of alkyl halides is 2. The summed E-state index contributed by atoms with van der Waals surface area (Å²) in [6.07, 6.45) is 4.25. The molecule has 5 heterocycles. The monoisotopic (exact) mass is 1230 g/mol. The Kier molecular flexibility index (Phi) is 19.5. The number of halogens is 2. The third-order valence-electron chi connectivity index (χ3n) is 17.2. The molecule has 1 aromatic heterocycles. The normalized spacial score (nSPS) is 20.0. The lowest BCUT2D eigenvalue weighted by molar-refractivity contribution is -0.142. The number of carbonyl (C=O) groups excluding carboxylic acids is 9. The molecule has 9 rings (SSSR count). The van der Waals surface area contributed by atoms with Gasteiger partial charge in [0, 0.05) is 98.7 Å². The fraction of sp³-hybridized carbons (Fsp3) is 0.517. The number of amides is 9. The van der Waals surface area contributed by atoms with Gasteiger partial charge in [0.1, 0.15) is 30.2 Å². The molecule has 4 fully saturated rings. The summed E-state index contributed by atoms with van der Waals surface area (Å²) in [6.45, 7) is 9.36. The molecule has 1 aliphatic carbocycles. The van der Waals surface area contributed by atoms with Crippen molar-refractivity contribution < 1.29 is 66.3 Å². The number of nitrogens with two attached hydrogens (primary N) is 1. The molecule has 26 heteroatoms. The average molecular weight is 1230 g/mol. The first-order valence-electron chi connectivity index (χ1n) is 29.4. The van der Waals surface area contributed by atoms with Crippen LogP contribution < -0.4 is 32.3 Å². The van der Waals surface area contributed by atoms with Gasteiger partial charge in [0.25, 0.3) is 11.8 Å². The number of nitrogens with one attached hydrogen (secondary N) is 5. The van der Waals surface area contributed by atoms with Gasteiger partial charge in [-0.25, -0.2) is 0 Å². The van der Waals surface area contributed by atoms with Gasteiger partial charge in [-0.2, -0.15) is 8.78 Å². The van der Waals surface area contributed by atoms with Crippen LogP contribution in [0, 0.1) is 5.92 Å². The number of piperazine rings is 1. The topological polar surface area (TPSA) is 310 Å². The zero-order valence-electron chi connectivity index (χ0n) is 48.4. The van der Waals surface area contributed by atoms with Gasteiger partial charge < -0.3 is 51.5 Å². The maximum Gasteiger partial charge on any atom is 0.399 e. The van der Waals surface area contributed by atoms with Crippen LogP contribution in [0.3, 0.4) is 0 Å². The minimum atomic E-state index is -5.87. The maximum atomic E-state index is 14.8. The molecule has 0 radical (unpaired) electrons. The standard InChI is InChI=1S/C60H75F2N10O12PS/c1-59(2,3)38-16-14-35(15-17-38)31-44(57(80)70-29-27-69(28-30-70)26-24-64-42-12-7-11-40-41(42)34-72(56(40)79)46-20-23-50(74)67-54(46)77)66-52(75)43(19-22-49(63)73)65-53(76)45-13-8-25-71(45)58(81)51(36-9-5-4-6-10-36)68-55(78)48-33-37-32-39(18-21-47(37)86-48)60(61,62)85(82,83)84/h7,11-12,14-18,21,32-33,36,43-46,51,64H,4-6,8-10,13,19-20,22-31,34H2,1-3H3,(H2,63,73)(H,65,76)(H,66,75)(H,68,78)(H,67,74,77)(H2,82,83,84)/t43?,44?,45-,46?,51?/m0/s1. The largest absolute Gasteiger partial charge is 0.399 e. The first kappa shape index (κ1) is 63.3. The van der Waals surface area contributed by atoms with Crippen LogP contribution in [0.25, 0.3) is 10.1 Å². The van der Waals surface area contributed by atoms with Gasteiger partial charge in [0.2, 0.25) is 41.4 Å². The number of hydrogen-bond donors (Lipinski definition) is 8. The van der Waals surface area contributed by atoms with Crippen molar-refractivity contribution in [2.45, 2.75) is 146 Å². The Morgan fingerprint density at radius 2 is 1.52 bits per heavy atom. The highest BCUT2D eigenvalue weighted by atomic mass is 32.1. The van der Waals surface area contributed by atoms with Gasteiger partial charge in [-0.1, -0.05) is 76.4 Å². The Morgan fingerprint density at radius 1 is 0.814 bits per heavy atom. The molecule has 0 spiro atoms. The average Bonchev–Trinajstić information content (AvgIpc) is 2.68. The number of imide groups is 1. The molecule has 22 nitrogen and oxygen atoms in total. The van der Waals surface area contributed by atoms with Crippen molar-refractivity contribution in [1.82, 2.24) is 40.9 Å². The van der Waals surface area contributed by atoms with Crippen molar-refractivity contribution in [2.24, 2.45) is 11.7 Å². The first-order valence-corrected chi connectivity index (χ1v) is 31.8. The zero-order valence-corrected chi connectivity index (χ0v) is 50.1. The molecular weight excluding hydrogens is 1150 g/mol. The number of thiophene rings is 1. The van der Waals surface area contributed by atoms with Crippen LogP contribution in [-0.4, -0.2) is 159 Å². The predicted octanol–water partition coefficient (Wildman–Crippen LogP) is 4.59. The van der Waals surface area contributed by atoms with Crippen LogP contribution in [0.2, 0.25) is 0 Å². The van der Waals surface area contributed by atoms with E-state index in [9.17, 15) is 66.3 Å². The van der Waals surface area contributed by atoms with Crippen LogP contribution in [0.5, 0.6) is 0 Å². The van der Waals surface area contributed by atoms with Gasteiger partial charge in [-0.3, -0.25) is 57.9 Å². The molecule has 9 amide bonds. The van der Waals surface area contributed by atoms with E-state index in [1.54, 1.807) is 17.0 Å². The summed E-state index contributed by atoms with van der Waals surface area (Å²) in [5.74, 6) is -5.16. The lowest BCUT2D eigenvalue weighted by Crippen LogP contribution is -2.60. The summed E-state index contributed by atoms with van der Waals surface area (Å²) in [5.41, 5.74) is 3.88. The van der Waals surface area contributed by atoms with E-state index >= 15 is 0 Å². The summed E-state index contributed by atoms with van der Waals surface area (Å²) in [4.78, 5) is 148. The second-order valence-electron chi connectivity index (χ2n) is 24.1. The second-order valence-corrected chi connectivity index (χ2v) is 26.8. The number of likely N-dealkylation sites (tertiary alicyclic amines) is 1. The minimum absolute atomic E-state index is 0.0611. The lowest BCUT2D eigenvalue weighted by Gasteiger charge is -2.37. The molecule has 0 bridgehead atoms. The van der Waals surface area contributed by atoms with E-state index in [2.05, 4.69) is 52.3 Å². The van der Waals surface area contributed by atoms with E-state index in [1.165, 1.54) is 21.9 Å². The van der Waals surface area contributed by atoms with Crippen molar-refractivity contribution in [3.63, 3.8) is 0 Å². The third-order valence-corrected chi connectivity index (χ3v) is 19.3. The molecule has 1 saturated carbocycles. The number of hydrogen-bond acceptors (Lipinski definition) is 13. The van der Waals surface area contributed by atoms with Crippen molar-refractivity contribution in [1.29, 1.82) is 0 Å². The van der Waals surface area contributed by atoms with Crippen LogP contribution in [0.1, 0.15) is 134 Å². The van der Waals surface area contributed by atoms with Gasteiger partial charge in [0.05, 0.1) is 4.88 Å². The molecule has 86 heavy (non-hydrogen) atoms. The highest BCUT2D eigenvalue weighted by Gasteiger charge is 2.51. The highest BCUT2D eigenvalue weighted by molar-refractivity contribution is 7.52. The van der Waals surface area contributed by atoms with E-state index in [1.807, 2.05) is 30.3 Å².